The number of benzene rings is 2. The van der Waals surface area contributed by atoms with Crippen molar-refractivity contribution in [3.8, 4) is 5.75 Å². The van der Waals surface area contributed by atoms with Crippen LogP contribution < -0.4 is 4.74 Å². The molecule has 2 rings (SSSR count). The molecule has 0 bridgehead atoms. The van der Waals surface area contributed by atoms with Crippen molar-refractivity contribution in [1.82, 2.24) is 0 Å². The number of rotatable bonds is 7. The van der Waals surface area contributed by atoms with Gasteiger partial charge in [-0.05, 0) is 35.2 Å². The van der Waals surface area contributed by atoms with Crippen molar-refractivity contribution >= 4 is 0 Å². The molecule has 8 heteroatoms. The Labute approximate surface area is 146 Å². The topological polar surface area (TPSA) is 18.5 Å². The van der Waals surface area contributed by atoms with Gasteiger partial charge in [0, 0.05) is 0 Å². The van der Waals surface area contributed by atoms with Gasteiger partial charge in [0.25, 0.3) is 0 Å². The van der Waals surface area contributed by atoms with Gasteiger partial charge in [-0.15, -0.1) is 13.2 Å². The number of hydrogen-bond acceptors (Lipinski definition) is 2. The molecule has 26 heavy (non-hydrogen) atoms. The van der Waals surface area contributed by atoms with Gasteiger partial charge in [-0.2, -0.15) is 8.78 Å². The summed E-state index contributed by atoms with van der Waals surface area (Å²) in [6.07, 6.45) is -8.84. The average molecular weight is 378 g/mol. The fourth-order valence-electron chi connectivity index (χ4n) is 2.21. The van der Waals surface area contributed by atoms with Gasteiger partial charge >= 0.3 is 12.5 Å². The quantitative estimate of drug-likeness (QED) is 0.581. The average Bonchev–Trinajstić information content (AvgIpc) is 2.55. The monoisotopic (exact) mass is 378 g/mol. The van der Waals surface area contributed by atoms with E-state index in [0.29, 0.717) is 17.7 Å². The van der Waals surface area contributed by atoms with Gasteiger partial charge in [0.05, 0.1) is 13.0 Å². The summed E-state index contributed by atoms with van der Waals surface area (Å²) in [5.74, 6) is -2.47. The Morgan fingerprint density at radius 3 is 1.96 bits per heavy atom. The van der Waals surface area contributed by atoms with Gasteiger partial charge < -0.3 is 9.47 Å². The first-order valence-corrected chi connectivity index (χ1v) is 7.72. The summed E-state index contributed by atoms with van der Waals surface area (Å²) >= 11 is 0. The van der Waals surface area contributed by atoms with Gasteiger partial charge in [-0.25, -0.2) is 4.39 Å². The molecule has 0 fully saturated rings. The summed E-state index contributed by atoms with van der Waals surface area (Å²) in [6, 6.07) is 9.07. The number of hydrogen-bond donors (Lipinski definition) is 0. The van der Waals surface area contributed by atoms with E-state index in [2.05, 4.69) is 9.47 Å². The molecule has 2 aromatic rings. The van der Waals surface area contributed by atoms with Crippen LogP contribution in [0.15, 0.2) is 42.5 Å². The van der Waals surface area contributed by atoms with Crippen LogP contribution >= 0.6 is 0 Å². The zero-order valence-electron chi connectivity index (χ0n) is 13.7. The highest BCUT2D eigenvalue weighted by Crippen LogP contribution is 2.29. The Hall–Kier alpha value is -2.22. The molecule has 0 heterocycles. The highest BCUT2D eigenvalue weighted by Gasteiger charge is 2.34. The fourth-order valence-corrected chi connectivity index (χ4v) is 2.21. The summed E-state index contributed by atoms with van der Waals surface area (Å²) < 4.78 is 85.6. The third-order valence-corrected chi connectivity index (χ3v) is 3.51. The minimum Gasteiger partial charge on any atom is -0.403 e. The van der Waals surface area contributed by atoms with Crippen LogP contribution in [0.1, 0.15) is 23.6 Å². The van der Waals surface area contributed by atoms with Gasteiger partial charge in [0.2, 0.25) is 0 Å². The van der Waals surface area contributed by atoms with Crippen LogP contribution in [0.4, 0.5) is 26.3 Å². The lowest BCUT2D eigenvalue weighted by Gasteiger charge is -2.18. The lowest BCUT2D eigenvalue weighted by atomic mass is 10.1. The zero-order chi connectivity index (χ0) is 19.4. The van der Waals surface area contributed by atoms with E-state index in [1.54, 1.807) is 24.3 Å². The first kappa shape index (κ1) is 20.1. The van der Waals surface area contributed by atoms with E-state index in [-0.39, 0.29) is 12.2 Å². The Morgan fingerprint density at radius 2 is 1.42 bits per heavy atom. The third-order valence-electron chi connectivity index (χ3n) is 3.51. The predicted octanol–water partition coefficient (Wildman–Crippen LogP) is 5.64. The summed E-state index contributed by atoms with van der Waals surface area (Å²) in [5.41, 5.74) is 1.38. The van der Waals surface area contributed by atoms with Gasteiger partial charge in [0.15, 0.2) is 11.6 Å². The molecule has 0 amide bonds. The van der Waals surface area contributed by atoms with E-state index < -0.39 is 30.5 Å². The Kier molecular flexibility index (Phi) is 6.17. The molecule has 0 aliphatic carbocycles. The smallest absolute Gasteiger partial charge is 0.403 e. The molecular formula is C18H16F6O2. The second-order valence-corrected chi connectivity index (χ2v) is 5.59. The molecular weight excluding hydrogens is 362 g/mol. The molecule has 2 aromatic carbocycles. The van der Waals surface area contributed by atoms with Crippen LogP contribution in [0, 0.1) is 5.82 Å². The van der Waals surface area contributed by atoms with Crippen molar-refractivity contribution in [3.63, 3.8) is 0 Å². The Morgan fingerprint density at radius 1 is 0.846 bits per heavy atom. The maximum Gasteiger partial charge on any atom is 0.573 e. The second kappa shape index (κ2) is 7.99. The molecule has 0 aromatic heterocycles. The van der Waals surface area contributed by atoms with Crippen LogP contribution in [0.25, 0.3) is 0 Å². The largest absolute Gasteiger partial charge is 0.573 e. The van der Waals surface area contributed by atoms with E-state index in [0.717, 1.165) is 18.1 Å². The van der Waals surface area contributed by atoms with Crippen LogP contribution in [0.2, 0.25) is 0 Å². The Bertz CT molecular complexity index is 725. The molecule has 0 aliphatic heterocycles. The lowest BCUT2D eigenvalue weighted by molar-refractivity contribution is -0.275. The van der Waals surface area contributed by atoms with E-state index in [1.807, 2.05) is 6.92 Å². The number of ether oxygens (including phenoxy) is 2. The molecule has 0 saturated carbocycles. The van der Waals surface area contributed by atoms with E-state index in [1.165, 1.54) is 0 Å². The van der Waals surface area contributed by atoms with Crippen molar-refractivity contribution in [2.24, 2.45) is 0 Å². The summed E-state index contributed by atoms with van der Waals surface area (Å²) in [4.78, 5) is 0. The van der Waals surface area contributed by atoms with E-state index >= 15 is 0 Å². The van der Waals surface area contributed by atoms with Crippen molar-refractivity contribution in [1.29, 1.82) is 0 Å². The molecule has 0 radical (unpaired) electrons. The van der Waals surface area contributed by atoms with Gasteiger partial charge in [-0.3, -0.25) is 0 Å². The number of aryl methyl sites for hydroxylation is 1. The van der Waals surface area contributed by atoms with E-state index in [9.17, 15) is 26.3 Å². The van der Waals surface area contributed by atoms with Crippen LogP contribution in [-0.2, 0) is 24.2 Å². The second-order valence-electron chi connectivity index (χ2n) is 5.59. The van der Waals surface area contributed by atoms with Gasteiger partial charge in [0.1, 0.15) is 0 Å². The maximum absolute atomic E-state index is 13.9. The van der Waals surface area contributed by atoms with Crippen molar-refractivity contribution in [3.05, 3.63) is 65.0 Å². The highest BCUT2D eigenvalue weighted by atomic mass is 19.4. The normalized spacial score (nSPS) is 12.3. The molecule has 0 spiro atoms. The number of alkyl halides is 5. The first-order chi connectivity index (χ1) is 12.1. The minimum absolute atomic E-state index is 0.219. The molecule has 2 nitrogen and oxygen atoms in total. The molecule has 0 saturated heterocycles. The van der Waals surface area contributed by atoms with Crippen molar-refractivity contribution in [2.75, 3.05) is 0 Å². The predicted molar refractivity (Wildman–Crippen MR) is 82.3 cm³/mol. The molecule has 142 valence electrons. The molecule has 0 atom stereocenters. The zero-order valence-corrected chi connectivity index (χ0v) is 13.7. The van der Waals surface area contributed by atoms with Crippen LogP contribution in [0.3, 0.4) is 0 Å². The molecule has 0 N–H and O–H groups in total. The SMILES string of the molecule is CCc1ccc(COC(F)(F)Cc2ccc(OC(F)(F)F)c(F)c2)cc1. The molecule has 0 aliphatic rings. The Balaban J connectivity index is 1.98. The van der Waals surface area contributed by atoms with E-state index in [4.69, 9.17) is 0 Å². The maximum atomic E-state index is 13.9. The van der Waals surface area contributed by atoms with Crippen LogP contribution in [0.5, 0.6) is 5.75 Å². The summed E-state index contributed by atoms with van der Waals surface area (Å²) in [5, 5.41) is 0. The first-order valence-electron chi connectivity index (χ1n) is 7.72. The van der Waals surface area contributed by atoms with Crippen molar-refractivity contribution < 1.29 is 35.8 Å². The number of halogens is 6. The standard InChI is InChI=1S/C18H16F6O2/c1-2-12-3-5-13(6-4-12)11-25-17(20,21)10-14-7-8-16(15(19)9-14)26-18(22,23)24/h3-9H,2,10-11H2,1H3. The minimum atomic E-state index is -5.07. The summed E-state index contributed by atoms with van der Waals surface area (Å²) in [6.45, 7) is 1.61. The highest BCUT2D eigenvalue weighted by molar-refractivity contribution is 5.30. The molecule has 0 unspecified atom stereocenters. The lowest BCUT2D eigenvalue weighted by Crippen LogP contribution is -2.24. The fraction of sp³-hybridized carbons (Fsp3) is 0.333. The van der Waals surface area contributed by atoms with Gasteiger partial charge in [-0.1, -0.05) is 37.3 Å². The van der Waals surface area contributed by atoms with Crippen LogP contribution in [-0.4, -0.2) is 12.5 Å². The third kappa shape index (κ3) is 6.25. The van der Waals surface area contributed by atoms with Crippen molar-refractivity contribution in [2.45, 2.75) is 38.8 Å². The summed E-state index contributed by atoms with van der Waals surface area (Å²) in [7, 11) is 0.